The van der Waals surface area contributed by atoms with Crippen molar-refractivity contribution < 1.29 is 0 Å². The van der Waals surface area contributed by atoms with E-state index < -0.39 is 0 Å². The Morgan fingerprint density at radius 2 is 2.10 bits per heavy atom. The van der Waals surface area contributed by atoms with E-state index in [4.69, 9.17) is 0 Å². The highest BCUT2D eigenvalue weighted by Gasteiger charge is 2.42. The molecule has 1 aromatic rings. The summed E-state index contributed by atoms with van der Waals surface area (Å²) < 4.78 is 0. The standard InChI is InChI=1S/C17H26N2S/c1-2-11-19(15(6-1)14-5-3-10-18-14)17(13-8-9-13)16-7-4-12-20-16/h4,7,12-15,17-18H,1-3,5-6,8-11H2. The number of piperidine rings is 1. The van der Waals surface area contributed by atoms with Gasteiger partial charge in [0.15, 0.2) is 0 Å². The Bertz CT molecular complexity index is 420. The SMILES string of the molecule is c1csc(C(C2CC2)N2CCCCC2C2CCCN2)c1. The molecule has 1 aromatic heterocycles. The molecule has 1 saturated carbocycles. The largest absolute Gasteiger partial charge is 0.312 e. The molecule has 0 amide bonds. The molecule has 3 atom stereocenters. The lowest BCUT2D eigenvalue weighted by molar-refractivity contribution is 0.0633. The second-order valence-electron chi connectivity index (χ2n) is 6.80. The van der Waals surface area contributed by atoms with Gasteiger partial charge in [-0.2, -0.15) is 0 Å². The van der Waals surface area contributed by atoms with Gasteiger partial charge in [0.25, 0.3) is 0 Å². The number of nitrogens with one attached hydrogen (secondary N) is 1. The Labute approximate surface area is 126 Å². The fraction of sp³-hybridized carbons (Fsp3) is 0.765. The van der Waals surface area contributed by atoms with Crippen molar-refractivity contribution in [3.63, 3.8) is 0 Å². The minimum atomic E-state index is 0.725. The maximum Gasteiger partial charge on any atom is 0.0473 e. The van der Waals surface area contributed by atoms with Crippen LogP contribution in [0.15, 0.2) is 17.5 Å². The van der Waals surface area contributed by atoms with Gasteiger partial charge in [0.05, 0.1) is 0 Å². The van der Waals surface area contributed by atoms with Gasteiger partial charge in [-0.1, -0.05) is 12.5 Å². The highest BCUT2D eigenvalue weighted by atomic mass is 32.1. The minimum Gasteiger partial charge on any atom is -0.312 e. The number of thiophene rings is 1. The first kappa shape index (κ1) is 13.3. The van der Waals surface area contributed by atoms with E-state index in [9.17, 15) is 0 Å². The molecule has 2 aliphatic heterocycles. The summed E-state index contributed by atoms with van der Waals surface area (Å²) in [6.07, 6.45) is 9.91. The summed E-state index contributed by atoms with van der Waals surface area (Å²) in [5, 5.41) is 6.04. The molecule has 2 nitrogen and oxygen atoms in total. The molecule has 1 N–H and O–H groups in total. The van der Waals surface area contributed by atoms with Crippen molar-refractivity contribution in [1.29, 1.82) is 0 Å². The van der Waals surface area contributed by atoms with E-state index in [1.54, 1.807) is 4.88 Å². The average Bonchev–Trinajstić information content (AvgIpc) is 2.97. The fourth-order valence-electron chi connectivity index (χ4n) is 4.34. The van der Waals surface area contributed by atoms with Crippen LogP contribution in [0.1, 0.15) is 55.9 Å². The molecule has 3 aliphatic rings. The van der Waals surface area contributed by atoms with Gasteiger partial charge in [-0.05, 0) is 69.0 Å². The molecule has 3 heterocycles. The summed E-state index contributed by atoms with van der Waals surface area (Å²) in [7, 11) is 0. The Morgan fingerprint density at radius 3 is 2.80 bits per heavy atom. The van der Waals surface area contributed by atoms with Gasteiger partial charge in [-0.25, -0.2) is 0 Å². The topological polar surface area (TPSA) is 15.3 Å². The number of likely N-dealkylation sites (tertiary alicyclic amines) is 1. The molecule has 110 valence electrons. The first-order valence-corrected chi connectivity index (χ1v) is 9.34. The molecule has 1 aliphatic carbocycles. The zero-order valence-corrected chi connectivity index (χ0v) is 13.1. The summed E-state index contributed by atoms with van der Waals surface area (Å²) in [6.45, 7) is 2.56. The van der Waals surface area contributed by atoms with E-state index in [0.29, 0.717) is 0 Å². The molecule has 0 aromatic carbocycles. The second-order valence-corrected chi connectivity index (χ2v) is 7.78. The van der Waals surface area contributed by atoms with Crippen LogP contribution in [0.3, 0.4) is 0 Å². The molecular weight excluding hydrogens is 264 g/mol. The van der Waals surface area contributed by atoms with Crippen molar-refractivity contribution in [2.75, 3.05) is 13.1 Å². The summed E-state index contributed by atoms with van der Waals surface area (Å²) in [4.78, 5) is 4.52. The summed E-state index contributed by atoms with van der Waals surface area (Å²) in [6, 6.07) is 6.89. The number of hydrogen-bond donors (Lipinski definition) is 1. The predicted molar refractivity (Wildman–Crippen MR) is 85.2 cm³/mol. The molecule has 0 bridgehead atoms. The Morgan fingerprint density at radius 1 is 1.15 bits per heavy atom. The van der Waals surface area contributed by atoms with Crippen molar-refractivity contribution in [3.05, 3.63) is 22.4 Å². The number of nitrogens with zero attached hydrogens (tertiary/aromatic N) is 1. The van der Waals surface area contributed by atoms with Gasteiger partial charge >= 0.3 is 0 Å². The lowest BCUT2D eigenvalue weighted by atomic mass is 9.91. The monoisotopic (exact) mass is 290 g/mol. The van der Waals surface area contributed by atoms with Crippen molar-refractivity contribution in [3.8, 4) is 0 Å². The van der Waals surface area contributed by atoms with Gasteiger partial charge in [-0.15, -0.1) is 11.3 Å². The van der Waals surface area contributed by atoms with Gasteiger partial charge in [0.2, 0.25) is 0 Å². The Balaban J connectivity index is 1.58. The van der Waals surface area contributed by atoms with Gasteiger partial charge in [0, 0.05) is 23.0 Å². The quantitative estimate of drug-likeness (QED) is 0.907. The van der Waals surface area contributed by atoms with Gasteiger partial charge in [0.1, 0.15) is 0 Å². The van der Waals surface area contributed by atoms with Crippen LogP contribution < -0.4 is 5.32 Å². The summed E-state index contributed by atoms with van der Waals surface area (Å²) >= 11 is 1.98. The smallest absolute Gasteiger partial charge is 0.0473 e. The van der Waals surface area contributed by atoms with Crippen LogP contribution in [0.25, 0.3) is 0 Å². The predicted octanol–water partition coefficient (Wildman–Crippen LogP) is 3.81. The molecule has 0 radical (unpaired) electrons. The zero-order valence-electron chi connectivity index (χ0n) is 12.3. The van der Waals surface area contributed by atoms with E-state index in [0.717, 1.165) is 24.0 Å². The van der Waals surface area contributed by atoms with Gasteiger partial charge in [-0.3, -0.25) is 4.90 Å². The third kappa shape index (κ3) is 2.56. The van der Waals surface area contributed by atoms with Crippen LogP contribution >= 0.6 is 11.3 Å². The normalized spacial score (nSPS) is 33.4. The lowest BCUT2D eigenvalue weighted by Gasteiger charge is -2.44. The molecule has 20 heavy (non-hydrogen) atoms. The first-order valence-electron chi connectivity index (χ1n) is 8.46. The zero-order chi connectivity index (χ0) is 13.4. The van der Waals surface area contributed by atoms with Crippen LogP contribution in [-0.4, -0.2) is 30.1 Å². The Hall–Kier alpha value is -0.380. The van der Waals surface area contributed by atoms with Crippen LogP contribution in [0.4, 0.5) is 0 Å². The van der Waals surface area contributed by atoms with Crippen molar-refractivity contribution in [2.24, 2.45) is 5.92 Å². The molecule has 0 spiro atoms. The van der Waals surface area contributed by atoms with E-state index in [-0.39, 0.29) is 0 Å². The molecule has 3 fully saturated rings. The molecular formula is C17H26N2S. The maximum absolute atomic E-state index is 3.78. The summed E-state index contributed by atoms with van der Waals surface area (Å²) in [5.74, 6) is 0.940. The van der Waals surface area contributed by atoms with Crippen molar-refractivity contribution in [1.82, 2.24) is 10.2 Å². The van der Waals surface area contributed by atoms with Crippen molar-refractivity contribution >= 4 is 11.3 Å². The maximum atomic E-state index is 3.78. The number of rotatable bonds is 4. The van der Waals surface area contributed by atoms with Crippen LogP contribution in [0.5, 0.6) is 0 Å². The van der Waals surface area contributed by atoms with E-state index in [2.05, 4.69) is 27.7 Å². The highest BCUT2D eigenvalue weighted by molar-refractivity contribution is 7.10. The van der Waals surface area contributed by atoms with Crippen LogP contribution in [0, 0.1) is 5.92 Å². The molecule has 3 unspecified atom stereocenters. The third-order valence-electron chi connectivity index (χ3n) is 5.42. The van der Waals surface area contributed by atoms with E-state index in [1.165, 1.54) is 58.0 Å². The second kappa shape index (κ2) is 5.78. The highest BCUT2D eigenvalue weighted by Crippen LogP contribution is 2.48. The van der Waals surface area contributed by atoms with Crippen LogP contribution in [-0.2, 0) is 0 Å². The number of hydrogen-bond acceptors (Lipinski definition) is 3. The van der Waals surface area contributed by atoms with Crippen molar-refractivity contribution in [2.45, 2.75) is 63.1 Å². The lowest BCUT2D eigenvalue weighted by Crippen LogP contribution is -2.51. The van der Waals surface area contributed by atoms with E-state index in [1.807, 2.05) is 11.3 Å². The fourth-order valence-corrected chi connectivity index (χ4v) is 5.27. The van der Waals surface area contributed by atoms with Gasteiger partial charge < -0.3 is 5.32 Å². The van der Waals surface area contributed by atoms with Crippen LogP contribution in [0.2, 0.25) is 0 Å². The molecule has 4 rings (SSSR count). The average molecular weight is 290 g/mol. The summed E-state index contributed by atoms with van der Waals surface area (Å²) in [5.41, 5.74) is 0. The minimum absolute atomic E-state index is 0.725. The molecule has 2 saturated heterocycles. The Kier molecular flexibility index (Phi) is 3.84. The first-order chi connectivity index (χ1) is 9.93. The molecule has 3 heteroatoms. The van der Waals surface area contributed by atoms with E-state index >= 15 is 0 Å². The third-order valence-corrected chi connectivity index (χ3v) is 6.36.